The van der Waals surface area contributed by atoms with Crippen LogP contribution in [0.15, 0.2) is 89.5 Å². The second-order valence-electron chi connectivity index (χ2n) is 13.1. The SMILES string of the molecule is CNC(=O)c1cc(NC(=O)C2=NN=C(c3cncc(-c4ccnc(Nc5cc(NC(=O)c6ccc(CN7CCN(C)CC7)cc6)ccc5C)n4)c3)C2)[nH]n1. The Hall–Kier alpha value is -6.65. The summed E-state index contributed by atoms with van der Waals surface area (Å²) in [7, 11) is 3.64. The van der Waals surface area contributed by atoms with Gasteiger partial charge in [0.1, 0.15) is 11.5 Å². The van der Waals surface area contributed by atoms with Gasteiger partial charge in [0.2, 0.25) is 5.95 Å². The topological polar surface area (TPSA) is 198 Å². The molecule has 2 aliphatic rings. The van der Waals surface area contributed by atoms with Crippen molar-refractivity contribution < 1.29 is 14.4 Å². The summed E-state index contributed by atoms with van der Waals surface area (Å²) in [5.74, 6) is -0.425. The first kappa shape index (κ1) is 35.7. The summed E-state index contributed by atoms with van der Waals surface area (Å²) in [5.41, 5.74) is 6.99. The molecule has 7 rings (SSSR count). The van der Waals surface area contributed by atoms with Crippen LogP contribution < -0.4 is 21.3 Å². The zero-order valence-corrected chi connectivity index (χ0v) is 30.1. The van der Waals surface area contributed by atoms with Crippen LogP contribution in [-0.2, 0) is 11.3 Å². The lowest BCUT2D eigenvalue weighted by Crippen LogP contribution is -2.43. The fourth-order valence-corrected chi connectivity index (χ4v) is 5.96. The number of aromatic nitrogens is 5. The smallest absolute Gasteiger partial charge is 0.273 e. The van der Waals surface area contributed by atoms with E-state index in [4.69, 9.17) is 4.98 Å². The maximum absolute atomic E-state index is 13.2. The lowest BCUT2D eigenvalue weighted by atomic mass is 10.0. The monoisotopic (exact) mass is 725 g/mol. The third-order valence-corrected chi connectivity index (χ3v) is 9.16. The number of piperazine rings is 1. The number of carbonyl (C=O) groups is 3. The van der Waals surface area contributed by atoms with Crippen molar-refractivity contribution in [2.45, 2.75) is 19.9 Å². The normalized spacial score (nSPS) is 14.6. The molecular formula is C38H39N13O3. The average Bonchev–Trinajstić information content (AvgIpc) is 3.88. The Labute approximate surface area is 311 Å². The first-order valence-electron chi connectivity index (χ1n) is 17.4. The summed E-state index contributed by atoms with van der Waals surface area (Å²) < 4.78 is 0. The number of amides is 3. The molecule has 0 spiro atoms. The van der Waals surface area contributed by atoms with Crippen molar-refractivity contribution in [3.05, 3.63) is 107 Å². The zero-order chi connectivity index (χ0) is 37.6. The number of nitrogens with zero attached hydrogens (tertiary/aromatic N) is 8. The number of anilines is 4. The molecule has 1 fully saturated rings. The highest BCUT2D eigenvalue weighted by atomic mass is 16.2. The Bertz CT molecular complexity index is 2260. The van der Waals surface area contributed by atoms with E-state index in [0.717, 1.165) is 44.0 Å². The highest BCUT2D eigenvalue weighted by Crippen LogP contribution is 2.26. The number of hydrogen-bond donors (Lipinski definition) is 5. The summed E-state index contributed by atoms with van der Waals surface area (Å²) in [4.78, 5) is 56.1. The molecule has 0 unspecified atom stereocenters. The van der Waals surface area contributed by atoms with Crippen LogP contribution in [0.5, 0.6) is 0 Å². The molecule has 2 aromatic carbocycles. The molecule has 0 atom stereocenters. The minimum absolute atomic E-state index is 0.144. The molecule has 0 radical (unpaired) electrons. The first-order chi connectivity index (χ1) is 26.2. The minimum atomic E-state index is -0.471. The second-order valence-corrected chi connectivity index (χ2v) is 13.1. The van der Waals surface area contributed by atoms with Crippen LogP contribution >= 0.6 is 0 Å². The van der Waals surface area contributed by atoms with Crippen LogP contribution in [0.2, 0.25) is 0 Å². The van der Waals surface area contributed by atoms with Gasteiger partial charge in [-0.05, 0) is 61.5 Å². The zero-order valence-electron chi connectivity index (χ0n) is 30.1. The van der Waals surface area contributed by atoms with Crippen LogP contribution in [0, 0.1) is 6.92 Å². The summed E-state index contributed by atoms with van der Waals surface area (Å²) in [6, 6.07) is 18.5. The molecule has 5 aromatic rings. The van der Waals surface area contributed by atoms with E-state index in [0.29, 0.717) is 39.7 Å². The maximum atomic E-state index is 13.2. The number of H-pyrrole nitrogens is 1. The van der Waals surface area contributed by atoms with Gasteiger partial charge in [0.25, 0.3) is 17.7 Å². The number of aryl methyl sites for hydroxylation is 1. The van der Waals surface area contributed by atoms with Crippen LogP contribution in [-0.4, -0.2) is 104 Å². The van der Waals surface area contributed by atoms with Gasteiger partial charge in [-0.1, -0.05) is 18.2 Å². The van der Waals surface area contributed by atoms with Crippen molar-refractivity contribution in [3.63, 3.8) is 0 Å². The highest BCUT2D eigenvalue weighted by Gasteiger charge is 2.23. The first-order valence-corrected chi connectivity index (χ1v) is 17.4. The Morgan fingerprint density at radius 3 is 2.44 bits per heavy atom. The predicted molar refractivity (Wildman–Crippen MR) is 206 cm³/mol. The molecule has 2 aliphatic heterocycles. The van der Waals surface area contributed by atoms with Gasteiger partial charge in [-0.25, -0.2) is 9.97 Å². The van der Waals surface area contributed by atoms with Crippen LogP contribution in [0.25, 0.3) is 11.3 Å². The number of benzene rings is 2. The molecule has 3 aromatic heterocycles. The van der Waals surface area contributed by atoms with Gasteiger partial charge < -0.3 is 26.2 Å². The Morgan fingerprint density at radius 1 is 0.852 bits per heavy atom. The van der Waals surface area contributed by atoms with Crippen LogP contribution in [0.3, 0.4) is 0 Å². The fraction of sp³-hybridized carbons (Fsp3) is 0.237. The highest BCUT2D eigenvalue weighted by molar-refractivity contribution is 6.47. The summed E-state index contributed by atoms with van der Waals surface area (Å²) in [6.07, 6.45) is 5.16. The third-order valence-electron chi connectivity index (χ3n) is 9.16. The van der Waals surface area contributed by atoms with Gasteiger partial charge >= 0.3 is 0 Å². The van der Waals surface area contributed by atoms with E-state index in [1.54, 1.807) is 24.7 Å². The molecule has 274 valence electrons. The van der Waals surface area contributed by atoms with Gasteiger partial charge in [-0.15, -0.1) is 5.10 Å². The molecule has 5 N–H and O–H groups in total. The second kappa shape index (κ2) is 15.9. The lowest BCUT2D eigenvalue weighted by molar-refractivity contribution is -0.110. The Kier molecular flexibility index (Phi) is 10.5. The van der Waals surface area contributed by atoms with Crippen LogP contribution in [0.1, 0.15) is 44.0 Å². The summed E-state index contributed by atoms with van der Waals surface area (Å²) in [5, 5.41) is 26.2. The molecule has 0 bridgehead atoms. The lowest BCUT2D eigenvalue weighted by Gasteiger charge is -2.32. The Balaban J connectivity index is 0.967. The number of rotatable bonds is 11. The molecule has 5 heterocycles. The van der Waals surface area contributed by atoms with Gasteiger partial charge in [0, 0.05) is 98.9 Å². The number of nitrogens with one attached hydrogen (secondary N) is 5. The van der Waals surface area contributed by atoms with Crippen molar-refractivity contribution in [1.29, 1.82) is 0 Å². The van der Waals surface area contributed by atoms with Crippen molar-refractivity contribution >= 4 is 52.3 Å². The fourth-order valence-electron chi connectivity index (χ4n) is 5.96. The van der Waals surface area contributed by atoms with Crippen LogP contribution in [0.4, 0.5) is 23.1 Å². The molecule has 16 heteroatoms. The van der Waals surface area contributed by atoms with Crippen molar-refractivity contribution in [2.24, 2.45) is 10.2 Å². The molecule has 54 heavy (non-hydrogen) atoms. The molecular weight excluding hydrogens is 687 g/mol. The van der Waals surface area contributed by atoms with E-state index < -0.39 is 5.91 Å². The summed E-state index contributed by atoms with van der Waals surface area (Å²) >= 11 is 0. The predicted octanol–water partition coefficient (Wildman–Crippen LogP) is 3.86. The van der Waals surface area contributed by atoms with Crippen molar-refractivity contribution in [2.75, 3.05) is 56.2 Å². The van der Waals surface area contributed by atoms with E-state index in [9.17, 15) is 14.4 Å². The molecule has 3 amide bonds. The Morgan fingerprint density at radius 2 is 1.65 bits per heavy atom. The number of hydrogen-bond acceptors (Lipinski definition) is 12. The number of carbonyl (C=O) groups excluding carboxylic acids is 3. The van der Waals surface area contributed by atoms with Gasteiger partial charge in [-0.2, -0.15) is 10.2 Å². The largest absolute Gasteiger partial charge is 0.354 e. The van der Waals surface area contributed by atoms with E-state index in [2.05, 4.69) is 68.5 Å². The van der Waals surface area contributed by atoms with E-state index in [1.807, 2.05) is 55.5 Å². The quantitative estimate of drug-likeness (QED) is 0.133. The van der Waals surface area contributed by atoms with Gasteiger partial charge in [0.15, 0.2) is 5.69 Å². The maximum Gasteiger partial charge on any atom is 0.273 e. The van der Waals surface area contributed by atoms with Crippen molar-refractivity contribution in [3.8, 4) is 11.3 Å². The van der Waals surface area contributed by atoms with E-state index in [-0.39, 0.29) is 35.5 Å². The number of aromatic amines is 1. The van der Waals surface area contributed by atoms with Gasteiger partial charge in [0.05, 0.1) is 11.4 Å². The standard InChI is InChI=1S/C38H39N13O3/c1-23-4-9-28(42-35(52)25-7-5-24(6-8-25)22-51-14-12-50(3)13-15-51)17-30(23)44-38-41-11-10-29(43-38)26-16-27(21-40-20-26)31-18-32(47-46-31)37(54)45-34-19-33(48-49-34)36(53)39-2/h4-11,16-17,19-21H,12-15,18,22H2,1-3H3,(H,39,53)(H,42,52)(H,41,43,44)(H2,45,48,49,54). The number of pyridine rings is 1. The average molecular weight is 726 g/mol. The van der Waals surface area contributed by atoms with Crippen molar-refractivity contribution in [1.82, 2.24) is 40.3 Å². The molecule has 0 saturated carbocycles. The molecule has 1 saturated heterocycles. The number of likely N-dealkylation sites (N-methyl/N-ethyl adjacent to an activating group) is 1. The molecule has 0 aliphatic carbocycles. The molecule has 16 nitrogen and oxygen atoms in total. The van der Waals surface area contributed by atoms with E-state index >= 15 is 0 Å². The third kappa shape index (κ3) is 8.52. The van der Waals surface area contributed by atoms with Gasteiger partial charge in [-0.3, -0.25) is 29.4 Å². The summed E-state index contributed by atoms with van der Waals surface area (Å²) in [6.45, 7) is 7.04. The van der Waals surface area contributed by atoms with E-state index in [1.165, 1.54) is 18.7 Å². The minimum Gasteiger partial charge on any atom is -0.354 e.